The number of nitrogens with one attached hydrogen (secondary N) is 4. The minimum atomic E-state index is -0.167. The molecule has 0 saturated carbocycles. The van der Waals surface area contributed by atoms with Crippen molar-refractivity contribution >= 4 is 70.3 Å². The van der Waals surface area contributed by atoms with E-state index in [1.54, 1.807) is 24.8 Å². The Kier molecular flexibility index (Phi) is 11.8. The van der Waals surface area contributed by atoms with Crippen molar-refractivity contribution in [3.63, 3.8) is 0 Å². The lowest BCUT2D eigenvalue weighted by atomic mass is 10.2. The Hall–Kier alpha value is -5.44. The lowest BCUT2D eigenvalue weighted by molar-refractivity contribution is 0.0932. The molecule has 0 bridgehead atoms. The summed E-state index contributed by atoms with van der Waals surface area (Å²) in [6.07, 6.45) is 8.17. The van der Waals surface area contributed by atoms with E-state index in [4.69, 9.17) is 11.5 Å². The van der Waals surface area contributed by atoms with Crippen LogP contribution in [0.2, 0.25) is 0 Å². The number of nitrogen functional groups attached to an aromatic ring is 2. The van der Waals surface area contributed by atoms with Crippen molar-refractivity contribution in [1.82, 2.24) is 71.0 Å². The molecule has 52 heavy (non-hydrogen) atoms. The van der Waals surface area contributed by atoms with Crippen LogP contribution in [0.25, 0.3) is 45.1 Å². The first-order chi connectivity index (χ1) is 24.4. The summed E-state index contributed by atoms with van der Waals surface area (Å²) in [5.74, 6) is 0.974. The van der Waals surface area contributed by atoms with Gasteiger partial charge < -0.3 is 41.9 Å². The third kappa shape index (κ3) is 7.17. The quantitative estimate of drug-likeness (QED) is 0.127. The first-order valence-electron chi connectivity index (χ1n) is 16.3. The van der Waals surface area contributed by atoms with Gasteiger partial charge in [0.1, 0.15) is 11.0 Å². The number of hydrogen-bond acceptors (Lipinski definition) is 16. The first kappa shape index (κ1) is 37.8. The van der Waals surface area contributed by atoms with E-state index in [1.165, 1.54) is 0 Å². The van der Waals surface area contributed by atoms with E-state index in [0.29, 0.717) is 69.3 Å². The Morgan fingerprint density at radius 2 is 1.15 bits per heavy atom. The summed E-state index contributed by atoms with van der Waals surface area (Å²) in [7, 11) is 0. The number of carbonyl (C=O) groups is 2. The van der Waals surface area contributed by atoms with Crippen molar-refractivity contribution in [2.75, 3.05) is 37.6 Å². The minimum Gasteiger partial charge on any atom is -0.379 e. The van der Waals surface area contributed by atoms with Crippen LogP contribution in [0.1, 0.15) is 47.4 Å². The molecule has 0 aliphatic carbocycles. The van der Waals surface area contributed by atoms with Gasteiger partial charge in [-0.3, -0.25) is 19.6 Å². The number of imidazole rings is 2. The number of carbonyl (C=O) groups excluding carboxylic acids is 2. The standard InChI is InChI=1S/2C15H18N8O2.2ClH/c2*1-2-23-12-9(15(24)19-8-3-4-17-5-8)6-18-7-10(12)20-14(23)11-13(16)22-25-21-11;;/h2*6-8,17H,2-5H2,1H3,(H2,16,22)(H,19,24);2*1H/t2*8-;;/m10../s1. The summed E-state index contributed by atoms with van der Waals surface area (Å²) in [5, 5.41) is 27.4. The summed E-state index contributed by atoms with van der Waals surface area (Å²) in [6.45, 7) is 8.42. The topological polar surface area (TPSA) is 274 Å². The second-order valence-electron chi connectivity index (χ2n) is 11.8. The van der Waals surface area contributed by atoms with Gasteiger partial charge in [0.05, 0.1) is 34.6 Å². The molecule has 8 rings (SSSR count). The van der Waals surface area contributed by atoms with Gasteiger partial charge in [-0.1, -0.05) is 0 Å². The molecule has 2 atom stereocenters. The number of nitrogens with two attached hydrogens (primary N) is 2. The number of nitrogens with zero attached hydrogens (tertiary/aromatic N) is 10. The van der Waals surface area contributed by atoms with Crippen LogP contribution in [0.4, 0.5) is 11.6 Å². The van der Waals surface area contributed by atoms with Gasteiger partial charge in [0.25, 0.3) is 11.8 Å². The second kappa shape index (κ2) is 16.3. The fraction of sp³-hybridized carbons (Fsp3) is 0.400. The minimum absolute atomic E-state index is 0. The Morgan fingerprint density at radius 1 is 0.731 bits per heavy atom. The molecule has 0 spiro atoms. The van der Waals surface area contributed by atoms with Crippen LogP contribution in [0.5, 0.6) is 0 Å². The molecule has 2 aliphatic heterocycles. The zero-order chi connectivity index (χ0) is 34.8. The van der Waals surface area contributed by atoms with Crippen LogP contribution in [-0.2, 0) is 13.1 Å². The zero-order valence-corrected chi connectivity index (χ0v) is 29.8. The highest BCUT2D eigenvalue weighted by molar-refractivity contribution is 6.06. The van der Waals surface area contributed by atoms with E-state index in [2.05, 4.69) is 71.1 Å². The SMILES string of the molecule is CCn1c(-c2nonc2N)nc2cncc(C(=O)N[C@@H]3CCNC3)c21.CCn1c(-c2nonc2N)nc2cncc(C(=O)N[C@H]3CCNC3)c21.Cl.Cl. The average molecular weight is 758 g/mol. The Bertz CT molecular complexity index is 2010. The molecule has 2 aliphatic rings. The fourth-order valence-electron chi connectivity index (χ4n) is 6.27. The number of aromatic nitrogens is 10. The monoisotopic (exact) mass is 756 g/mol. The van der Waals surface area contributed by atoms with Crippen molar-refractivity contribution in [1.29, 1.82) is 0 Å². The summed E-state index contributed by atoms with van der Waals surface area (Å²) < 4.78 is 13.1. The van der Waals surface area contributed by atoms with Gasteiger partial charge in [-0.15, -0.1) is 24.8 Å². The van der Waals surface area contributed by atoms with Crippen molar-refractivity contribution in [3.05, 3.63) is 35.9 Å². The van der Waals surface area contributed by atoms with Crippen LogP contribution in [-0.4, -0.2) is 99.8 Å². The number of hydrogen-bond donors (Lipinski definition) is 6. The van der Waals surface area contributed by atoms with E-state index >= 15 is 0 Å². The van der Waals surface area contributed by atoms with Crippen LogP contribution < -0.4 is 32.7 Å². The molecule has 2 amide bonds. The molecule has 0 radical (unpaired) electrons. The van der Waals surface area contributed by atoms with Gasteiger partial charge >= 0.3 is 0 Å². The number of halogens is 2. The van der Waals surface area contributed by atoms with Gasteiger partial charge in [0, 0.05) is 50.7 Å². The van der Waals surface area contributed by atoms with Crippen LogP contribution in [0.3, 0.4) is 0 Å². The van der Waals surface area contributed by atoms with E-state index in [9.17, 15) is 9.59 Å². The Labute approximate surface area is 308 Å². The highest BCUT2D eigenvalue weighted by atomic mass is 35.5. The number of pyridine rings is 2. The van der Waals surface area contributed by atoms with Crippen molar-refractivity contribution in [2.24, 2.45) is 0 Å². The van der Waals surface area contributed by atoms with Crippen LogP contribution >= 0.6 is 24.8 Å². The molecule has 276 valence electrons. The first-order valence-corrected chi connectivity index (χ1v) is 16.3. The summed E-state index contributed by atoms with van der Waals surface area (Å²) in [5.41, 5.74) is 15.8. The molecule has 20 nitrogen and oxygen atoms in total. The zero-order valence-electron chi connectivity index (χ0n) is 28.2. The number of rotatable bonds is 8. The van der Waals surface area contributed by atoms with Crippen molar-refractivity contribution in [3.8, 4) is 23.0 Å². The molecule has 2 saturated heterocycles. The molecule has 22 heteroatoms. The predicted molar refractivity (Wildman–Crippen MR) is 194 cm³/mol. The maximum atomic E-state index is 12.8. The van der Waals surface area contributed by atoms with Gasteiger partial charge in [-0.25, -0.2) is 19.2 Å². The largest absolute Gasteiger partial charge is 0.379 e. The van der Waals surface area contributed by atoms with Gasteiger partial charge in [-0.2, -0.15) is 0 Å². The number of anilines is 2. The average Bonchev–Trinajstić information content (AvgIpc) is 3.97. The molecular weight excluding hydrogens is 719 g/mol. The molecule has 2 fully saturated rings. The van der Waals surface area contributed by atoms with Gasteiger partial charge in [-0.05, 0) is 60.4 Å². The summed E-state index contributed by atoms with van der Waals surface area (Å²) in [4.78, 5) is 42.9. The van der Waals surface area contributed by atoms with Crippen molar-refractivity contribution < 1.29 is 18.8 Å². The normalized spacial score (nSPS) is 16.6. The second-order valence-corrected chi connectivity index (χ2v) is 11.8. The van der Waals surface area contributed by atoms with E-state index in [1.807, 2.05) is 23.0 Å². The summed E-state index contributed by atoms with van der Waals surface area (Å²) in [6, 6.07) is 0.242. The highest BCUT2D eigenvalue weighted by Crippen LogP contribution is 2.29. The maximum Gasteiger partial charge on any atom is 0.255 e. The lowest BCUT2D eigenvalue weighted by Crippen LogP contribution is -2.36. The highest BCUT2D eigenvalue weighted by Gasteiger charge is 2.26. The van der Waals surface area contributed by atoms with Crippen LogP contribution in [0.15, 0.2) is 34.0 Å². The Balaban J connectivity index is 0.000000194. The molecule has 0 unspecified atom stereocenters. The van der Waals surface area contributed by atoms with Crippen LogP contribution in [0, 0.1) is 0 Å². The maximum absolute atomic E-state index is 12.8. The third-order valence-corrected chi connectivity index (χ3v) is 8.66. The smallest absolute Gasteiger partial charge is 0.255 e. The predicted octanol–water partition coefficient (Wildman–Crippen LogP) is 1.19. The third-order valence-electron chi connectivity index (χ3n) is 8.66. The molecule has 0 aromatic carbocycles. The summed E-state index contributed by atoms with van der Waals surface area (Å²) >= 11 is 0. The van der Waals surface area contributed by atoms with E-state index in [0.717, 1.165) is 39.0 Å². The number of aryl methyl sites for hydroxylation is 2. The Morgan fingerprint density at radius 3 is 1.48 bits per heavy atom. The van der Waals surface area contributed by atoms with Crippen molar-refractivity contribution in [2.45, 2.75) is 51.9 Å². The molecular formula is C30H38Cl2N16O4. The molecule has 6 aromatic rings. The van der Waals surface area contributed by atoms with E-state index in [-0.39, 0.29) is 60.3 Å². The van der Waals surface area contributed by atoms with E-state index < -0.39 is 0 Å². The number of fused-ring (bicyclic) bond motifs is 2. The lowest BCUT2D eigenvalue weighted by Gasteiger charge is -2.13. The molecule has 8 heterocycles. The fourth-order valence-corrected chi connectivity index (χ4v) is 6.27. The molecule has 8 N–H and O–H groups in total. The van der Waals surface area contributed by atoms with Gasteiger partial charge in [0.2, 0.25) is 0 Å². The number of amides is 2. The van der Waals surface area contributed by atoms with Gasteiger partial charge in [0.15, 0.2) is 34.7 Å². The molecule has 6 aromatic heterocycles.